The molecule has 0 atom stereocenters. The van der Waals surface area contributed by atoms with E-state index in [1.54, 1.807) is 36.4 Å². The summed E-state index contributed by atoms with van der Waals surface area (Å²) in [5.74, 6) is -1.06. The highest BCUT2D eigenvalue weighted by Crippen LogP contribution is 2.37. The lowest BCUT2D eigenvalue weighted by Crippen LogP contribution is -2.31. The lowest BCUT2D eigenvalue weighted by atomic mass is 10.1. The molecule has 0 aromatic heterocycles. The van der Waals surface area contributed by atoms with E-state index in [1.807, 2.05) is 4.72 Å². The van der Waals surface area contributed by atoms with Crippen molar-refractivity contribution in [3.63, 3.8) is 0 Å². The number of benzene rings is 3. The summed E-state index contributed by atoms with van der Waals surface area (Å²) in [6, 6.07) is 13.7. The summed E-state index contributed by atoms with van der Waals surface area (Å²) in [6.07, 6.45) is 1.26. The Hall–Kier alpha value is -4.21. The minimum Gasteiger partial charge on any atom is -0.504 e. The van der Waals surface area contributed by atoms with Gasteiger partial charge < -0.3 is 15.2 Å². The summed E-state index contributed by atoms with van der Waals surface area (Å²) in [4.78, 5) is 39.3. The van der Waals surface area contributed by atoms with Crippen LogP contribution in [0.2, 0.25) is 0 Å². The molecular weight excluding hydrogens is 628 g/mol. The molecule has 40 heavy (non-hydrogen) atoms. The van der Waals surface area contributed by atoms with Gasteiger partial charge in [-0.3, -0.25) is 19.7 Å². The van der Waals surface area contributed by atoms with Crippen LogP contribution in [0.25, 0.3) is 6.08 Å². The molecule has 3 aromatic rings. The van der Waals surface area contributed by atoms with Crippen LogP contribution in [-0.2, 0) is 26.0 Å². The Bertz CT molecular complexity index is 1670. The maximum Gasteiger partial charge on any atom is 0.269 e. The van der Waals surface area contributed by atoms with E-state index in [0.29, 0.717) is 31.4 Å². The Balaban J connectivity index is 1.40. The summed E-state index contributed by atoms with van der Waals surface area (Å²) in [5.41, 5.74) is 1.08. The molecule has 4 rings (SSSR count). The van der Waals surface area contributed by atoms with Gasteiger partial charge in [0.2, 0.25) is 5.91 Å². The largest absolute Gasteiger partial charge is 0.504 e. The second-order valence-corrected chi connectivity index (χ2v) is 11.8. The van der Waals surface area contributed by atoms with Crippen LogP contribution in [0.3, 0.4) is 0 Å². The van der Waals surface area contributed by atoms with Crippen molar-refractivity contribution in [2.45, 2.75) is 11.3 Å². The van der Waals surface area contributed by atoms with Gasteiger partial charge in [0.25, 0.3) is 21.6 Å². The van der Waals surface area contributed by atoms with Crippen molar-refractivity contribution in [3.8, 4) is 11.5 Å². The number of sulfonamides is 1. The van der Waals surface area contributed by atoms with Gasteiger partial charge >= 0.3 is 0 Å². The van der Waals surface area contributed by atoms with Crippen LogP contribution in [0.5, 0.6) is 11.5 Å². The number of aromatic hydroxyl groups is 1. The fraction of sp³-hybridized carbons (Fsp3) is 0.0800. The van der Waals surface area contributed by atoms with Gasteiger partial charge in [0.15, 0.2) is 16.7 Å². The fourth-order valence-electron chi connectivity index (χ4n) is 3.46. The standard InChI is InChI=1S/C25H19BrN4O8S2/c1-38-20-13-16(26)11-15(23(20)32)12-21-24(33)28-25(39-21)27-17-4-2-14(3-5-17)10-22(31)29-40(36,37)19-8-6-18(7-9-19)30(34)35/h2-9,11-13,32H,10H2,1H3,(H,29,31)(H,27,28,33). The third-order valence-corrected chi connectivity index (χ3v) is 8.12. The first-order valence-corrected chi connectivity index (χ1v) is 14.3. The van der Waals surface area contributed by atoms with E-state index in [2.05, 4.69) is 26.2 Å². The topological polar surface area (TPSA) is 177 Å². The van der Waals surface area contributed by atoms with Crippen molar-refractivity contribution >= 4 is 72.1 Å². The Morgan fingerprint density at radius 3 is 2.50 bits per heavy atom. The number of nitro benzene ring substituents is 1. The van der Waals surface area contributed by atoms with Gasteiger partial charge in [-0.15, -0.1) is 0 Å². The molecule has 1 fully saturated rings. The number of carbonyl (C=O) groups excluding carboxylic acids is 2. The summed E-state index contributed by atoms with van der Waals surface area (Å²) >= 11 is 4.41. The predicted molar refractivity (Wildman–Crippen MR) is 152 cm³/mol. The Morgan fingerprint density at radius 2 is 1.88 bits per heavy atom. The Morgan fingerprint density at radius 1 is 1.20 bits per heavy atom. The van der Waals surface area contributed by atoms with Crippen molar-refractivity contribution < 1.29 is 32.8 Å². The van der Waals surface area contributed by atoms with Crippen LogP contribution < -0.4 is 14.8 Å². The van der Waals surface area contributed by atoms with Crippen molar-refractivity contribution in [1.29, 1.82) is 0 Å². The average Bonchev–Trinajstić information content (AvgIpc) is 3.24. The van der Waals surface area contributed by atoms with Crippen LogP contribution in [0.1, 0.15) is 11.1 Å². The summed E-state index contributed by atoms with van der Waals surface area (Å²) in [6.45, 7) is 0. The van der Waals surface area contributed by atoms with Gasteiger partial charge in [0.05, 0.1) is 33.9 Å². The van der Waals surface area contributed by atoms with Crippen LogP contribution >= 0.6 is 27.7 Å². The molecule has 3 N–H and O–H groups in total. The second kappa shape index (κ2) is 11.9. The van der Waals surface area contributed by atoms with Crippen molar-refractivity contribution in [2.24, 2.45) is 4.99 Å². The van der Waals surface area contributed by atoms with Gasteiger partial charge in [-0.25, -0.2) is 18.1 Å². The number of rotatable bonds is 8. The highest BCUT2D eigenvalue weighted by atomic mass is 79.9. The van der Waals surface area contributed by atoms with E-state index >= 15 is 0 Å². The van der Waals surface area contributed by atoms with Crippen LogP contribution in [0, 0.1) is 10.1 Å². The Kier molecular flexibility index (Phi) is 8.56. The number of halogens is 1. The minimum atomic E-state index is -4.21. The number of methoxy groups -OCH3 is 1. The number of nitro groups is 1. The molecule has 0 radical (unpaired) electrons. The number of aliphatic imine (C=N–C) groups is 1. The number of hydrogen-bond acceptors (Lipinski definition) is 10. The maximum atomic E-state index is 12.4. The molecule has 2 amide bonds. The fourth-order valence-corrected chi connectivity index (χ4v) is 5.74. The molecular formula is C25H19BrN4O8S2. The third kappa shape index (κ3) is 6.86. The molecule has 0 unspecified atom stereocenters. The molecule has 15 heteroatoms. The molecule has 1 aliphatic heterocycles. The third-order valence-electron chi connectivity index (χ3n) is 5.36. The van der Waals surface area contributed by atoms with Gasteiger partial charge in [-0.2, -0.15) is 0 Å². The summed E-state index contributed by atoms with van der Waals surface area (Å²) in [5, 5.41) is 24.0. The lowest BCUT2D eigenvalue weighted by molar-refractivity contribution is -0.384. The highest BCUT2D eigenvalue weighted by Gasteiger charge is 2.25. The van der Waals surface area contributed by atoms with E-state index in [1.165, 1.54) is 13.2 Å². The van der Waals surface area contributed by atoms with Crippen LogP contribution in [-0.4, -0.2) is 42.5 Å². The number of ether oxygens (including phenoxy) is 1. The van der Waals surface area contributed by atoms with Gasteiger partial charge in [0, 0.05) is 22.2 Å². The molecule has 1 saturated heterocycles. The maximum absolute atomic E-state index is 12.4. The SMILES string of the molecule is COc1cc(Br)cc(C=C2SC(=Nc3ccc(CC(=O)NS(=O)(=O)c4ccc([N+](=O)[O-])cc4)cc3)NC2=O)c1O. The van der Waals surface area contributed by atoms with E-state index in [9.17, 15) is 33.2 Å². The zero-order valence-corrected chi connectivity index (χ0v) is 23.7. The van der Waals surface area contributed by atoms with Crippen molar-refractivity contribution in [2.75, 3.05) is 7.11 Å². The van der Waals surface area contributed by atoms with Gasteiger partial charge in [0.1, 0.15) is 0 Å². The molecule has 206 valence electrons. The molecule has 1 aliphatic rings. The Labute approximate surface area is 240 Å². The number of carbonyl (C=O) groups is 2. The average molecular weight is 647 g/mol. The summed E-state index contributed by atoms with van der Waals surface area (Å²) < 4.78 is 32.6. The van der Waals surface area contributed by atoms with E-state index in [-0.39, 0.29) is 28.5 Å². The molecule has 12 nitrogen and oxygen atoms in total. The zero-order chi connectivity index (χ0) is 29.0. The quantitative estimate of drug-likeness (QED) is 0.185. The first kappa shape index (κ1) is 28.8. The number of hydrogen-bond donors (Lipinski definition) is 3. The summed E-state index contributed by atoms with van der Waals surface area (Å²) in [7, 11) is -2.79. The number of phenolic OH excluding ortho intramolecular Hbond substituents is 1. The number of nitrogens with zero attached hydrogens (tertiary/aromatic N) is 2. The smallest absolute Gasteiger partial charge is 0.269 e. The molecule has 3 aromatic carbocycles. The monoisotopic (exact) mass is 646 g/mol. The molecule has 1 heterocycles. The first-order valence-electron chi connectivity index (χ1n) is 11.2. The first-order chi connectivity index (χ1) is 18.9. The number of non-ortho nitro benzene ring substituents is 1. The van der Waals surface area contributed by atoms with Crippen molar-refractivity contribution in [3.05, 3.63) is 91.3 Å². The number of thioether (sulfide) groups is 1. The number of amides is 2. The molecule has 0 bridgehead atoms. The van der Waals surface area contributed by atoms with E-state index < -0.39 is 26.8 Å². The normalized spacial score (nSPS) is 15.2. The molecule has 0 spiro atoms. The van der Waals surface area contributed by atoms with Gasteiger partial charge in [-0.05, 0) is 59.8 Å². The molecule has 0 saturated carbocycles. The number of phenols is 1. The van der Waals surface area contributed by atoms with Crippen LogP contribution in [0.15, 0.2) is 79.9 Å². The minimum absolute atomic E-state index is 0.114. The molecule has 0 aliphatic carbocycles. The highest BCUT2D eigenvalue weighted by molar-refractivity contribution is 9.10. The van der Waals surface area contributed by atoms with E-state index in [4.69, 9.17) is 4.74 Å². The van der Waals surface area contributed by atoms with E-state index in [0.717, 1.165) is 36.0 Å². The predicted octanol–water partition coefficient (Wildman–Crippen LogP) is 4.01. The lowest BCUT2D eigenvalue weighted by Gasteiger charge is -2.07. The number of nitrogens with one attached hydrogen (secondary N) is 2. The zero-order valence-electron chi connectivity index (χ0n) is 20.5. The van der Waals surface area contributed by atoms with Gasteiger partial charge in [-0.1, -0.05) is 28.1 Å². The number of amidine groups is 1. The van der Waals surface area contributed by atoms with Crippen molar-refractivity contribution in [1.82, 2.24) is 10.0 Å². The van der Waals surface area contributed by atoms with Crippen LogP contribution in [0.4, 0.5) is 11.4 Å². The second-order valence-electron chi connectivity index (χ2n) is 8.15.